The highest BCUT2D eigenvalue weighted by molar-refractivity contribution is 5.68. The van der Waals surface area contributed by atoms with Gasteiger partial charge in [-0.2, -0.15) is 0 Å². The van der Waals surface area contributed by atoms with Crippen LogP contribution in [-0.4, -0.2) is 11.7 Å². The normalized spacial score (nSPS) is 14.4. The monoisotopic (exact) mass is 289 g/mol. The third-order valence-electron chi connectivity index (χ3n) is 3.26. The van der Waals surface area contributed by atoms with Crippen LogP contribution in [0.15, 0.2) is 43.0 Å². The second kappa shape index (κ2) is 7.30. The molecule has 1 amide bonds. The molecule has 0 radical (unpaired) electrons. The van der Waals surface area contributed by atoms with Gasteiger partial charge in [-0.1, -0.05) is 50.3 Å². The van der Waals surface area contributed by atoms with Gasteiger partial charge in [-0.15, -0.1) is 6.58 Å². The lowest BCUT2D eigenvalue weighted by Gasteiger charge is -2.30. The second-order valence-electron chi connectivity index (χ2n) is 6.59. The highest BCUT2D eigenvalue weighted by atomic mass is 16.6. The summed E-state index contributed by atoms with van der Waals surface area (Å²) in [6.45, 7) is 13.7. The minimum absolute atomic E-state index is 0.139. The Hall–Kier alpha value is -1.77. The molecule has 0 aliphatic heterocycles. The van der Waals surface area contributed by atoms with Gasteiger partial charge in [0, 0.05) is 5.92 Å². The summed E-state index contributed by atoms with van der Waals surface area (Å²) < 4.78 is 5.38. The molecule has 0 aliphatic carbocycles. The Morgan fingerprint density at radius 3 is 2.24 bits per heavy atom. The maximum atomic E-state index is 12.1. The van der Waals surface area contributed by atoms with Crippen LogP contribution in [0.4, 0.5) is 4.79 Å². The third kappa shape index (κ3) is 5.62. The number of ether oxygens (including phenoxy) is 1. The van der Waals surface area contributed by atoms with E-state index in [1.54, 1.807) is 0 Å². The topological polar surface area (TPSA) is 38.3 Å². The van der Waals surface area contributed by atoms with Crippen molar-refractivity contribution >= 4 is 6.09 Å². The lowest BCUT2D eigenvalue weighted by molar-refractivity contribution is 0.0485. The zero-order valence-corrected chi connectivity index (χ0v) is 13.7. The molecule has 3 nitrogen and oxygen atoms in total. The molecule has 1 aromatic rings. The second-order valence-corrected chi connectivity index (χ2v) is 6.59. The van der Waals surface area contributed by atoms with Crippen molar-refractivity contribution in [1.82, 2.24) is 5.32 Å². The summed E-state index contributed by atoms with van der Waals surface area (Å²) >= 11 is 0. The van der Waals surface area contributed by atoms with Crippen molar-refractivity contribution in [2.45, 2.75) is 46.3 Å². The van der Waals surface area contributed by atoms with Crippen molar-refractivity contribution in [3.8, 4) is 0 Å². The molecule has 0 unspecified atom stereocenters. The number of carbonyl (C=O) groups excluding carboxylic acids is 1. The molecule has 1 N–H and O–H groups in total. The lowest BCUT2D eigenvalue weighted by atomic mass is 9.84. The fourth-order valence-corrected chi connectivity index (χ4v) is 2.29. The van der Waals surface area contributed by atoms with Crippen LogP contribution in [0.3, 0.4) is 0 Å². The number of carbonyl (C=O) groups is 1. The fourth-order valence-electron chi connectivity index (χ4n) is 2.29. The summed E-state index contributed by atoms with van der Waals surface area (Å²) in [5.74, 6) is 0.502. The molecule has 0 saturated heterocycles. The summed E-state index contributed by atoms with van der Waals surface area (Å²) in [5.41, 5.74) is 0.550. The van der Waals surface area contributed by atoms with E-state index in [4.69, 9.17) is 4.74 Å². The van der Waals surface area contributed by atoms with Crippen molar-refractivity contribution in [1.29, 1.82) is 0 Å². The molecular formula is C18H27NO2. The first-order chi connectivity index (χ1) is 9.74. The number of hydrogen-bond donors (Lipinski definition) is 1. The predicted molar refractivity (Wildman–Crippen MR) is 87.1 cm³/mol. The standard InChI is InChI=1S/C18H27NO2/c1-7-15(13(2)3)16(14-11-9-8-10-12-14)19-17(20)21-18(4,5)6/h7-13,15-16H,1H2,2-6H3,(H,19,20)/t15-,16-/m1/s1. The predicted octanol–water partition coefficient (Wildman–Crippen LogP) is 4.71. The van der Waals surface area contributed by atoms with Gasteiger partial charge in [-0.05, 0) is 32.3 Å². The largest absolute Gasteiger partial charge is 0.444 e. The van der Waals surface area contributed by atoms with Crippen LogP contribution in [0.1, 0.15) is 46.2 Å². The minimum Gasteiger partial charge on any atom is -0.444 e. The molecule has 0 fully saturated rings. The molecular weight excluding hydrogens is 262 g/mol. The molecule has 1 aromatic carbocycles. The third-order valence-corrected chi connectivity index (χ3v) is 3.26. The SMILES string of the molecule is C=C[C@H](C(C)C)[C@H](NC(=O)OC(C)(C)C)c1ccccc1. The molecule has 0 aromatic heterocycles. The van der Waals surface area contributed by atoms with Crippen LogP contribution in [-0.2, 0) is 4.74 Å². The quantitative estimate of drug-likeness (QED) is 0.797. The van der Waals surface area contributed by atoms with Crippen molar-refractivity contribution in [3.05, 3.63) is 48.6 Å². The van der Waals surface area contributed by atoms with Gasteiger partial charge in [0.1, 0.15) is 5.60 Å². The summed E-state index contributed by atoms with van der Waals surface area (Å²) in [5, 5.41) is 2.99. The number of hydrogen-bond acceptors (Lipinski definition) is 2. The Morgan fingerprint density at radius 1 is 1.24 bits per heavy atom. The Balaban J connectivity index is 2.98. The Bertz CT molecular complexity index is 460. The van der Waals surface area contributed by atoms with Crippen molar-refractivity contribution in [2.24, 2.45) is 11.8 Å². The number of rotatable bonds is 5. The van der Waals surface area contributed by atoms with E-state index in [0.29, 0.717) is 5.92 Å². The van der Waals surface area contributed by atoms with Crippen molar-refractivity contribution in [2.75, 3.05) is 0 Å². The highest BCUT2D eigenvalue weighted by Gasteiger charge is 2.27. The highest BCUT2D eigenvalue weighted by Crippen LogP contribution is 2.29. The summed E-state index contributed by atoms with van der Waals surface area (Å²) in [6.07, 6.45) is 1.50. The number of amides is 1. The average molecular weight is 289 g/mol. The molecule has 0 aliphatic rings. The number of alkyl carbamates (subject to hydrolysis) is 1. The van der Waals surface area contributed by atoms with Crippen LogP contribution in [0.25, 0.3) is 0 Å². The van der Waals surface area contributed by atoms with Crippen LogP contribution in [0, 0.1) is 11.8 Å². The molecule has 2 atom stereocenters. The molecule has 1 rings (SSSR count). The van der Waals surface area contributed by atoms with Gasteiger partial charge in [0.2, 0.25) is 0 Å². The molecule has 3 heteroatoms. The Kier molecular flexibility index (Phi) is 6.01. The average Bonchev–Trinajstić information content (AvgIpc) is 2.37. The summed E-state index contributed by atoms with van der Waals surface area (Å²) in [4.78, 5) is 12.1. The molecule has 0 spiro atoms. The maximum Gasteiger partial charge on any atom is 0.408 e. The molecule has 0 heterocycles. The van der Waals surface area contributed by atoms with Gasteiger partial charge >= 0.3 is 6.09 Å². The van der Waals surface area contributed by atoms with Crippen LogP contribution in [0.2, 0.25) is 0 Å². The Morgan fingerprint density at radius 2 is 1.81 bits per heavy atom. The first kappa shape index (κ1) is 17.3. The van der Waals surface area contributed by atoms with E-state index in [-0.39, 0.29) is 12.0 Å². The molecule has 0 bridgehead atoms. The van der Waals surface area contributed by atoms with E-state index < -0.39 is 11.7 Å². The van der Waals surface area contributed by atoms with Crippen molar-refractivity contribution in [3.63, 3.8) is 0 Å². The van der Waals surface area contributed by atoms with E-state index in [2.05, 4.69) is 25.7 Å². The lowest BCUT2D eigenvalue weighted by Crippen LogP contribution is -2.38. The van der Waals surface area contributed by atoms with E-state index in [1.807, 2.05) is 57.2 Å². The first-order valence-corrected chi connectivity index (χ1v) is 7.41. The molecule has 116 valence electrons. The van der Waals surface area contributed by atoms with Crippen LogP contribution in [0.5, 0.6) is 0 Å². The molecule has 0 saturated carbocycles. The smallest absolute Gasteiger partial charge is 0.408 e. The van der Waals surface area contributed by atoms with E-state index in [0.717, 1.165) is 5.56 Å². The summed E-state index contributed by atoms with van der Waals surface area (Å²) in [6, 6.07) is 9.80. The van der Waals surface area contributed by atoms with E-state index in [9.17, 15) is 4.79 Å². The van der Waals surface area contributed by atoms with Gasteiger partial charge in [-0.3, -0.25) is 0 Å². The van der Waals surface area contributed by atoms with Gasteiger partial charge < -0.3 is 10.1 Å². The van der Waals surface area contributed by atoms with Crippen molar-refractivity contribution < 1.29 is 9.53 Å². The van der Waals surface area contributed by atoms with Gasteiger partial charge in [0.25, 0.3) is 0 Å². The van der Waals surface area contributed by atoms with Crippen LogP contribution < -0.4 is 5.32 Å². The first-order valence-electron chi connectivity index (χ1n) is 7.41. The van der Waals surface area contributed by atoms with E-state index in [1.165, 1.54) is 0 Å². The van der Waals surface area contributed by atoms with Gasteiger partial charge in [0.15, 0.2) is 0 Å². The number of nitrogens with one attached hydrogen (secondary N) is 1. The number of benzene rings is 1. The van der Waals surface area contributed by atoms with Gasteiger partial charge in [0.05, 0.1) is 6.04 Å². The fraction of sp³-hybridized carbons (Fsp3) is 0.500. The van der Waals surface area contributed by atoms with Crippen LogP contribution >= 0.6 is 0 Å². The summed E-state index contributed by atoms with van der Waals surface area (Å²) in [7, 11) is 0. The molecule has 21 heavy (non-hydrogen) atoms. The zero-order chi connectivity index (χ0) is 16.0. The van der Waals surface area contributed by atoms with E-state index >= 15 is 0 Å². The Labute approximate surface area is 128 Å². The maximum absolute atomic E-state index is 12.1. The van der Waals surface area contributed by atoms with Gasteiger partial charge in [-0.25, -0.2) is 4.79 Å². The minimum atomic E-state index is -0.507. The zero-order valence-electron chi connectivity index (χ0n) is 13.7.